The summed E-state index contributed by atoms with van der Waals surface area (Å²) in [6.45, 7) is 5.64. The number of piperazine rings is 1. The number of nitrogens with zero attached hydrogens (tertiary/aromatic N) is 4. The lowest BCUT2D eigenvalue weighted by Gasteiger charge is -2.34. The van der Waals surface area contributed by atoms with E-state index >= 15 is 0 Å². The molecule has 6 nitrogen and oxygen atoms in total. The molecule has 4 rings (SSSR count). The molecule has 0 saturated carbocycles. The molecule has 3 heterocycles. The van der Waals surface area contributed by atoms with Gasteiger partial charge in [-0.25, -0.2) is 4.98 Å². The van der Waals surface area contributed by atoms with Gasteiger partial charge in [-0.05, 0) is 24.3 Å². The number of carbonyl (C=O) groups is 1. The average molecular weight is 428 g/mol. The third-order valence-corrected chi connectivity index (χ3v) is 5.58. The van der Waals surface area contributed by atoms with E-state index in [1.165, 1.54) is 0 Å². The van der Waals surface area contributed by atoms with Crippen LogP contribution in [0.25, 0.3) is 16.9 Å². The number of nitrogen functional groups attached to an aromatic ring is 1. The lowest BCUT2D eigenvalue weighted by Crippen LogP contribution is -2.47. The summed E-state index contributed by atoms with van der Waals surface area (Å²) in [7, 11) is 0. The Morgan fingerprint density at radius 1 is 1.11 bits per heavy atom. The number of hydrogen-bond donors (Lipinski definition) is 1. The van der Waals surface area contributed by atoms with Crippen molar-refractivity contribution in [3.05, 3.63) is 52.8 Å². The zero-order valence-electron chi connectivity index (χ0n) is 15.2. The number of anilines is 1. The summed E-state index contributed by atoms with van der Waals surface area (Å²) in [5, 5.41) is 0. The van der Waals surface area contributed by atoms with Gasteiger partial charge in [-0.1, -0.05) is 28.1 Å². The van der Waals surface area contributed by atoms with E-state index in [1.807, 2.05) is 35.4 Å². The van der Waals surface area contributed by atoms with Gasteiger partial charge in [0.05, 0.1) is 11.4 Å². The smallest absolute Gasteiger partial charge is 0.219 e. The van der Waals surface area contributed by atoms with E-state index in [4.69, 9.17) is 10.7 Å². The Morgan fingerprint density at radius 3 is 2.48 bits per heavy atom. The van der Waals surface area contributed by atoms with Crippen LogP contribution in [0.5, 0.6) is 0 Å². The molecular formula is C20H22BrN5O. The number of benzene rings is 1. The van der Waals surface area contributed by atoms with Crippen LogP contribution in [0.3, 0.4) is 0 Å². The molecule has 140 valence electrons. The molecule has 7 heteroatoms. The molecule has 1 aromatic carbocycles. The largest absolute Gasteiger partial charge is 0.398 e. The van der Waals surface area contributed by atoms with Crippen molar-refractivity contribution in [2.45, 2.75) is 13.5 Å². The number of halogens is 1. The van der Waals surface area contributed by atoms with Crippen molar-refractivity contribution in [3.63, 3.8) is 0 Å². The molecule has 0 atom stereocenters. The number of pyridine rings is 1. The zero-order valence-corrected chi connectivity index (χ0v) is 16.8. The molecule has 27 heavy (non-hydrogen) atoms. The highest BCUT2D eigenvalue weighted by molar-refractivity contribution is 9.10. The number of fused-ring (bicyclic) bond motifs is 1. The van der Waals surface area contributed by atoms with E-state index in [0.29, 0.717) is 5.69 Å². The molecule has 1 fully saturated rings. The minimum atomic E-state index is 0.146. The van der Waals surface area contributed by atoms with Crippen LogP contribution in [0.15, 0.2) is 47.1 Å². The molecule has 0 spiro atoms. The molecule has 0 radical (unpaired) electrons. The Labute approximate surface area is 166 Å². The van der Waals surface area contributed by atoms with Gasteiger partial charge < -0.3 is 15.0 Å². The number of aromatic nitrogens is 2. The number of carbonyl (C=O) groups excluding carboxylic acids is 1. The number of nitrogens with two attached hydrogens (primary N) is 1. The Kier molecular flexibility index (Phi) is 4.88. The minimum Gasteiger partial charge on any atom is -0.398 e. The first kappa shape index (κ1) is 18.0. The lowest BCUT2D eigenvalue weighted by molar-refractivity contribution is -0.130. The summed E-state index contributed by atoms with van der Waals surface area (Å²) in [6, 6.07) is 12.0. The lowest BCUT2D eigenvalue weighted by atomic mass is 10.1. The van der Waals surface area contributed by atoms with Crippen LogP contribution in [-0.2, 0) is 11.3 Å². The van der Waals surface area contributed by atoms with Gasteiger partial charge >= 0.3 is 0 Å². The Hall–Kier alpha value is -2.38. The Morgan fingerprint density at radius 2 is 1.81 bits per heavy atom. The highest BCUT2D eigenvalue weighted by Crippen LogP contribution is 2.28. The molecule has 2 aromatic heterocycles. The molecule has 1 aliphatic rings. The van der Waals surface area contributed by atoms with E-state index in [2.05, 4.69) is 37.4 Å². The molecule has 1 saturated heterocycles. The highest BCUT2D eigenvalue weighted by atomic mass is 79.9. The fourth-order valence-corrected chi connectivity index (χ4v) is 3.80. The second kappa shape index (κ2) is 7.32. The van der Waals surface area contributed by atoms with Gasteiger partial charge in [0.25, 0.3) is 0 Å². The summed E-state index contributed by atoms with van der Waals surface area (Å²) in [4.78, 5) is 20.7. The monoisotopic (exact) mass is 427 g/mol. The fraction of sp³-hybridized carbons (Fsp3) is 0.300. The second-order valence-electron chi connectivity index (χ2n) is 6.89. The highest BCUT2D eigenvalue weighted by Gasteiger charge is 2.22. The standard InChI is InChI=1S/C20H22BrN5O/c1-14(27)25-10-8-24(9-11-25)13-18-20(15-2-4-16(21)5-3-15)23-19-7-6-17(22)12-26(18)19/h2-7,12H,8-11,13,22H2,1H3. The van der Waals surface area contributed by atoms with E-state index in [0.717, 1.165) is 59.8 Å². The quantitative estimate of drug-likeness (QED) is 0.697. The van der Waals surface area contributed by atoms with Crippen molar-refractivity contribution in [1.82, 2.24) is 19.2 Å². The van der Waals surface area contributed by atoms with Gasteiger partial charge in [0, 0.05) is 61.6 Å². The fourth-order valence-electron chi connectivity index (χ4n) is 3.53. The topological polar surface area (TPSA) is 66.9 Å². The Bertz CT molecular complexity index is 974. The third kappa shape index (κ3) is 3.70. The van der Waals surface area contributed by atoms with E-state index in [9.17, 15) is 4.79 Å². The van der Waals surface area contributed by atoms with Crippen LogP contribution in [0.1, 0.15) is 12.6 Å². The van der Waals surface area contributed by atoms with Gasteiger partial charge in [0.2, 0.25) is 5.91 Å². The van der Waals surface area contributed by atoms with Gasteiger partial charge in [0.1, 0.15) is 5.65 Å². The third-order valence-electron chi connectivity index (χ3n) is 5.05. The number of hydrogen-bond acceptors (Lipinski definition) is 4. The van der Waals surface area contributed by atoms with Gasteiger partial charge in [-0.2, -0.15) is 0 Å². The maximum Gasteiger partial charge on any atom is 0.219 e. The summed E-state index contributed by atoms with van der Waals surface area (Å²) >= 11 is 3.50. The maximum atomic E-state index is 11.6. The molecule has 0 bridgehead atoms. The molecule has 2 N–H and O–H groups in total. The maximum absolute atomic E-state index is 11.6. The van der Waals surface area contributed by atoms with E-state index in [1.54, 1.807) is 6.92 Å². The SMILES string of the molecule is CC(=O)N1CCN(Cc2c(-c3ccc(Br)cc3)nc3ccc(N)cn23)CC1. The van der Waals surface area contributed by atoms with Crippen molar-refractivity contribution in [2.24, 2.45) is 0 Å². The molecule has 0 unspecified atom stereocenters. The van der Waals surface area contributed by atoms with Crippen LogP contribution < -0.4 is 5.73 Å². The molecule has 1 amide bonds. The van der Waals surface area contributed by atoms with Crippen LogP contribution in [0.2, 0.25) is 0 Å². The number of imidazole rings is 1. The van der Waals surface area contributed by atoms with Crippen molar-refractivity contribution in [1.29, 1.82) is 0 Å². The second-order valence-corrected chi connectivity index (χ2v) is 7.80. The van der Waals surface area contributed by atoms with Gasteiger partial charge in [-0.3, -0.25) is 9.69 Å². The van der Waals surface area contributed by atoms with Crippen molar-refractivity contribution < 1.29 is 4.79 Å². The summed E-state index contributed by atoms with van der Waals surface area (Å²) in [5.74, 6) is 0.146. The van der Waals surface area contributed by atoms with Gasteiger partial charge in [0.15, 0.2) is 0 Å². The predicted octanol–water partition coefficient (Wildman–Crippen LogP) is 3.01. The first-order chi connectivity index (χ1) is 13.0. The number of amides is 1. The normalized spacial score (nSPS) is 15.4. The summed E-state index contributed by atoms with van der Waals surface area (Å²) in [5.41, 5.74) is 10.8. The van der Waals surface area contributed by atoms with Crippen LogP contribution in [0.4, 0.5) is 5.69 Å². The van der Waals surface area contributed by atoms with Crippen molar-refractivity contribution in [3.8, 4) is 11.3 Å². The van der Waals surface area contributed by atoms with Crippen LogP contribution >= 0.6 is 15.9 Å². The van der Waals surface area contributed by atoms with Gasteiger partial charge in [-0.15, -0.1) is 0 Å². The van der Waals surface area contributed by atoms with E-state index < -0.39 is 0 Å². The predicted molar refractivity (Wildman–Crippen MR) is 110 cm³/mol. The summed E-state index contributed by atoms with van der Waals surface area (Å²) in [6.07, 6.45) is 1.94. The van der Waals surface area contributed by atoms with Crippen molar-refractivity contribution >= 4 is 33.2 Å². The van der Waals surface area contributed by atoms with Crippen molar-refractivity contribution in [2.75, 3.05) is 31.9 Å². The zero-order chi connectivity index (χ0) is 19.0. The first-order valence-corrected chi connectivity index (χ1v) is 9.81. The van der Waals surface area contributed by atoms with Crippen LogP contribution in [-0.4, -0.2) is 51.3 Å². The molecular weight excluding hydrogens is 406 g/mol. The van der Waals surface area contributed by atoms with Crippen LogP contribution in [0, 0.1) is 0 Å². The van der Waals surface area contributed by atoms with E-state index in [-0.39, 0.29) is 5.91 Å². The summed E-state index contributed by atoms with van der Waals surface area (Å²) < 4.78 is 3.13. The molecule has 1 aliphatic heterocycles. The minimum absolute atomic E-state index is 0.146. The molecule has 3 aromatic rings. The first-order valence-electron chi connectivity index (χ1n) is 9.01. The molecule has 0 aliphatic carbocycles. The number of rotatable bonds is 3. The Balaban J connectivity index is 1.69. The average Bonchev–Trinajstić information content (AvgIpc) is 3.00.